The summed E-state index contributed by atoms with van der Waals surface area (Å²) in [5.74, 6) is 0.266. The van der Waals surface area contributed by atoms with Crippen LogP contribution < -0.4 is 5.32 Å². The predicted octanol–water partition coefficient (Wildman–Crippen LogP) is 3.77. The van der Waals surface area contributed by atoms with Gasteiger partial charge in [0.05, 0.1) is 0 Å². The Hall–Kier alpha value is -0.610. The Balaban J connectivity index is 2.05. The molecule has 1 aromatic rings. The zero-order chi connectivity index (χ0) is 13.7. The summed E-state index contributed by atoms with van der Waals surface area (Å²) in [6.45, 7) is 3.08. The zero-order valence-corrected chi connectivity index (χ0v) is 12.1. The molecule has 0 aliphatic carbocycles. The first-order valence-electron chi connectivity index (χ1n) is 6.99. The second kappa shape index (κ2) is 7.25. The van der Waals surface area contributed by atoms with Crippen LogP contribution in [-0.4, -0.2) is 23.6 Å². The lowest BCUT2D eigenvalue weighted by Crippen LogP contribution is -2.39. The van der Waals surface area contributed by atoms with Crippen LogP contribution in [0.4, 0.5) is 8.78 Å². The Morgan fingerprint density at radius 3 is 2.89 bits per heavy atom. The van der Waals surface area contributed by atoms with Crippen molar-refractivity contribution in [1.82, 2.24) is 5.32 Å². The van der Waals surface area contributed by atoms with Gasteiger partial charge in [-0.05, 0) is 49.6 Å². The van der Waals surface area contributed by atoms with E-state index >= 15 is 0 Å². The van der Waals surface area contributed by atoms with Crippen LogP contribution in [-0.2, 0) is 6.42 Å². The molecule has 1 N–H and O–H groups in total. The maximum absolute atomic E-state index is 13.7. The Kier molecular flexibility index (Phi) is 5.64. The fourth-order valence-electron chi connectivity index (χ4n) is 2.51. The van der Waals surface area contributed by atoms with Crippen LogP contribution >= 0.6 is 11.8 Å². The molecule has 1 saturated heterocycles. The van der Waals surface area contributed by atoms with E-state index in [4.69, 9.17) is 0 Å². The summed E-state index contributed by atoms with van der Waals surface area (Å²) in [6.07, 6.45) is 4.14. The number of halogens is 2. The van der Waals surface area contributed by atoms with Crippen molar-refractivity contribution in [3.05, 3.63) is 35.4 Å². The van der Waals surface area contributed by atoms with Crippen LogP contribution in [0.5, 0.6) is 0 Å². The van der Waals surface area contributed by atoms with Crippen LogP contribution in [0.3, 0.4) is 0 Å². The number of benzene rings is 1. The number of hydrogen-bond acceptors (Lipinski definition) is 2. The van der Waals surface area contributed by atoms with Crippen molar-refractivity contribution in [3.8, 4) is 0 Å². The maximum atomic E-state index is 13.7. The van der Waals surface area contributed by atoms with Gasteiger partial charge in [-0.15, -0.1) is 0 Å². The second-order valence-electron chi connectivity index (χ2n) is 5.05. The number of rotatable bonds is 6. The van der Waals surface area contributed by atoms with Crippen LogP contribution in [0.25, 0.3) is 0 Å². The maximum Gasteiger partial charge on any atom is 0.129 e. The van der Waals surface area contributed by atoms with Crippen molar-refractivity contribution in [2.24, 2.45) is 0 Å². The van der Waals surface area contributed by atoms with Gasteiger partial charge in [-0.25, -0.2) is 8.78 Å². The molecule has 2 unspecified atom stereocenters. The highest BCUT2D eigenvalue weighted by molar-refractivity contribution is 8.00. The third-order valence-corrected chi connectivity index (χ3v) is 5.04. The Bertz CT molecular complexity index is 405. The number of thioether (sulfide) groups is 1. The molecule has 1 aliphatic heterocycles. The lowest BCUT2D eigenvalue weighted by Gasteiger charge is -2.24. The van der Waals surface area contributed by atoms with Gasteiger partial charge in [-0.3, -0.25) is 0 Å². The molecule has 2 atom stereocenters. The molecule has 4 heteroatoms. The van der Waals surface area contributed by atoms with Gasteiger partial charge in [0.15, 0.2) is 0 Å². The van der Waals surface area contributed by atoms with E-state index in [1.807, 2.05) is 11.8 Å². The van der Waals surface area contributed by atoms with Gasteiger partial charge >= 0.3 is 0 Å². The van der Waals surface area contributed by atoms with Crippen molar-refractivity contribution in [2.75, 3.05) is 12.3 Å². The molecule has 0 amide bonds. The summed E-state index contributed by atoms with van der Waals surface area (Å²) >= 11 is 1.97. The largest absolute Gasteiger partial charge is 0.313 e. The van der Waals surface area contributed by atoms with Crippen LogP contribution in [0.1, 0.15) is 31.7 Å². The minimum atomic E-state index is -0.505. The average Bonchev–Trinajstić information content (AvgIpc) is 2.90. The van der Waals surface area contributed by atoms with E-state index < -0.39 is 11.6 Å². The van der Waals surface area contributed by atoms with Crippen molar-refractivity contribution >= 4 is 11.8 Å². The van der Waals surface area contributed by atoms with Crippen LogP contribution in [0.2, 0.25) is 0 Å². The van der Waals surface area contributed by atoms with E-state index in [0.29, 0.717) is 17.2 Å². The summed E-state index contributed by atoms with van der Waals surface area (Å²) < 4.78 is 26.7. The summed E-state index contributed by atoms with van der Waals surface area (Å²) in [6, 6.07) is 4.18. The molecule has 106 valence electrons. The molecule has 2 rings (SSSR count). The van der Waals surface area contributed by atoms with Gasteiger partial charge < -0.3 is 5.32 Å². The molecule has 0 aromatic heterocycles. The molecule has 1 fully saturated rings. The number of hydrogen-bond donors (Lipinski definition) is 1. The topological polar surface area (TPSA) is 12.0 Å². The standard InChI is InChI=1S/C15H21F2NS/c1-2-7-18-14(15-4-3-8-19-15)9-11-5-6-12(16)10-13(11)17/h5-6,10,14-15,18H,2-4,7-9H2,1H3. The summed E-state index contributed by atoms with van der Waals surface area (Å²) in [5, 5.41) is 4.07. The Morgan fingerprint density at radius 1 is 1.42 bits per heavy atom. The fraction of sp³-hybridized carbons (Fsp3) is 0.600. The quantitative estimate of drug-likeness (QED) is 0.854. The molecule has 1 aliphatic rings. The smallest absolute Gasteiger partial charge is 0.129 e. The first-order valence-corrected chi connectivity index (χ1v) is 8.04. The Morgan fingerprint density at radius 2 is 2.26 bits per heavy atom. The third kappa shape index (κ3) is 4.18. The lowest BCUT2D eigenvalue weighted by molar-refractivity contribution is 0.470. The van der Waals surface area contributed by atoms with E-state index in [1.165, 1.54) is 24.7 Å². The van der Waals surface area contributed by atoms with Crippen molar-refractivity contribution in [1.29, 1.82) is 0 Å². The SMILES string of the molecule is CCCNC(Cc1ccc(F)cc1F)C1CCCS1. The molecule has 1 nitrogen and oxygen atoms in total. The molecular formula is C15H21F2NS. The monoisotopic (exact) mass is 285 g/mol. The zero-order valence-electron chi connectivity index (χ0n) is 11.3. The first kappa shape index (κ1) is 14.8. The van der Waals surface area contributed by atoms with Gasteiger partial charge in [0.2, 0.25) is 0 Å². The molecule has 1 aromatic carbocycles. The minimum Gasteiger partial charge on any atom is -0.313 e. The third-order valence-electron chi connectivity index (χ3n) is 3.53. The van der Waals surface area contributed by atoms with Gasteiger partial charge in [-0.1, -0.05) is 13.0 Å². The van der Waals surface area contributed by atoms with E-state index in [1.54, 1.807) is 6.07 Å². The van der Waals surface area contributed by atoms with E-state index in [9.17, 15) is 8.78 Å². The van der Waals surface area contributed by atoms with E-state index in [2.05, 4.69) is 12.2 Å². The number of nitrogens with one attached hydrogen (secondary N) is 1. The molecule has 0 saturated carbocycles. The van der Waals surface area contributed by atoms with Crippen LogP contribution in [0.15, 0.2) is 18.2 Å². The molecule has 0 bridgehead atoms. The average molecular weight is 285 g/mol. The van der Waals surface area contributed by atoms with Crippen molar-refractivity contribution in [2.45, 2.75) is 43.9 Å². The van der Waals surface area contributed by atoms with Gasteiger partial charge in [0.1, 0.15) is 11.6 Å². The predicted molar refractivity (Wildman–Crippen MR) is 77.6 cm³/mol. The molecular weight excluding hydrogens is 264 g/mol. The minimum absolute atomic E-state index is 0.285. The highest BCUT2D eigenvalue weighted by atomic mass is 32.2. The van der Waals surface area contributed by atoms with Crippen molar-refractivity contribution < 1.29 is 8.78 Å². The van der Waals surface area contributed by atoms with Crippen molar-refractivity contribution in [3.63, 3.8) is 0 Å². The second-order valence-corrected chi connectivity index (χ2v) is 6.40. The first-order chi connectivity index (χ1) is 9.20. The van der Waals surface area contributed by atoms with Gasteiger partial charge in [0, 0.05) is 17.4 Å². The summed E-state index contributed by atoms with van der Waals surface area (Å²) in [4.78, 5) is 0. The highest BCUT2D eigenvalue weighted by Crippen LogP contribution is 2.30. The summed E-state index contributed by atoms with van der Waals surface area (Å²) in [7, 11) is 0. The summed E-state index contributed by atoms with van der Waals surface area (Å²) in [5.41, 5.74) is 0.613. The molecule has 1 heterocycles. The van der Waals surface area contributed by atoms with E-state index in [-0.39, 0.29) is 6.04 Å². The molecule has 0 spiro atoms. The normalized spacial score (nSPS) is 20.7. The Labute approximate surface area is 118 Å². The lowest BCUT2D eigenvalue weighted by atomic mass is 10.00. The molecule has 19 heavy (non-hydrogen) atoms. The molecule has 0 radical (unpaired) electrons. The van der Waals surface area contributed by atoms with E-state index in [0.717, 1.165) is 19.0 Å². The van der Waals surface area contributed by atoms with Crippen LogP contribution in [0, 0.1) is 11.6 Å². The highest BCUT2D eigenvalue weighted by Gasteiger charge is 2.26. The fourth-order valence-corrected chi connectivity index (χ4v) is 3.90. The van der Waals surface area contributed by atoms with Gasteiger partial charge in [0.25, 0.3) is 0 Å². The van der Waals surface area contributed by atoms with Gasteiger partial charge in [-0.2, -0.15) is 11.8 Å².